The maximum Gasteiger partial charge on any atom is 0.0745 e. The van der Waals surface area contributed by atoms with Crippen LogP contribution in [-0.2, 0) is 4.74 Å². The molecular weight excluding hydrogens is 166 g/mol. The zero-order valence-electron chi connectivity index (χ0n) is 8.54. The van der Waals surface area contributed by atoms with Crippen molar-refractivity contribution in [3.63, 3.8) is 0 Å². The van der Waals surface area contributed by atoms with Crippen molar-refractivity contribution < 1.29 is 9.84 Å². The lowest BCUT2D eigenvalue weighted by Gasteiger charge is -2.14. The van der Waals surface area contributed by atoms with Gasteiger partial charge >= 0.3 is 0 Å². The van der Waals surface area contributed by atoms with Crippen LogP contribution in [0.15, 0.2) is 0 Å². The van der Waals surface area contributed by atoms with E-state index in [0.717, 1.165) is 19.6 Å². The summed E-state index contributed by atoms with van der Waals surface area (Å²) in [5.41, 5.74) is 0. The van der Waals surface area contributed by atoms with Crippen molar-refractivity contribution >= 4 is 0 Å². The summed E-state index contributed by atoms with van der Waals surface area (Å²) in [6.07, 6.45) is 3.47. The number of likely N-dealkylation sites (tertiary alicyclic amines) is 1. The topological polar surface area (TPSA) is 32.7 Å². The van der Waals surface area contributed by atoms with Gasteiger partial charge in [-0.05, 0) is 39.3 Å². The first-order valence-electron chi connectivity index (χ1n) is 5.27. The number of aliphatic hydroxyl groups is 1. The standard InChI is InChI=1S/C10H21NO2/c1-10(12)9-13-8-4-7-11-5-2-3-6-11/h10,12H,2-9H2,1H3. The molecule has 13 heavy (non-hydrogen) atoms. The summed E-state index contributed by atoms with van der Waals surface area (Å²) in [7, 11) is 0. The molecule has 1 aliphatic rings. The number of hydrogen-bond donors (Lipinski definition) is 1. The van der Waals surface area contributed by atoms with Crippen molar-refractivity contribution in [2.24, 2.45) is 0 Å². The second-order valence-electron chi connectivity index (χ2n) is 3.83. The summed E-state index contributed by atoms with van der Waals surface area (Å²) in [6.45, 7) is 6.68. The molecule has 1 fully saturated rings. The highest BCUT2D eigenvalue weighted by atomic mass is 16.5. The molecule has 1 rings (SSSR count). The van der Waals surface area contributed by atoms with Gasteiger partial charge in [0.15, 0.2) is 0 Å². The largest absolute Gasteiger partial charge is 0.391 e. The molecule has 0 spiro atoms. The third-order valence-electron chi connectivity index (χ3n) is 2.32. The van der Waals surface area contributed by atoms with Crippen LogP contribution in [0.5, 0.6) is 0 Å². The van der Waals surface area contributed by atoms with Crippen LogP contribution in [-0.4, -0.2) is 49.0 Å². The molecule has 1 atom stereocenters. The lowest BCUT2D eigenvalue weighted by Crippen LogP contribution is -2.22. The van der Waals surface area contributed by atoms with Crippen molar-refractivity contribution in [3.05, 3.63) is 0 Å². The third-order valence-corrected chi connectivity index (χ3v) is 2.32. The fraction of sp³-hybridized carbons (Fsp3) is 1.00. The third kappa shape index (κ3) is 5.24. The van der Waals surface area contributed by atoms with Crippen LogP contribution in [0, 0.1) is 0 Å². The van der Waals surface area contributed by atoms with Crippen LogP contribution >= 0.6 is 0 Å². The fourth-order valence-corrected chi connectivity index (χ4v) is 1.65. The average molecular weight is 187 g/mol. The smallest absolute Gasteiger partial charge is 0.0745 e. The van der Waals surface area contributed by atoms with Crippen molar-refractivity contribution in [2.75, 3.05) is 32.8 Å². The maximum absolute atomic E-state index is 8.93. The number of rotatable bonds is 6. The van der Waals surface area contributed by atoms with Gasteiger partial charge in [-0.1, -0.05) is 0 Å². The molecule has 78 valence electrons. The van der Waals surface area contributed by atoms with Crippen molar-refractivity contribution in [2.45, 2.75) is 32.3 Å². The Hall–Kier alpha value is -0.120. The van der Waals surface area contributed by atoms with Crippen LogP contribution in [0.4, 0.5) is 0 Å². The lowest BCUT2D eigenvalue weighted by atomic mass is 10.4. The minimum absolute atomic E-state index is 0.327. The van der Waals surface area contributed by atoms with Gasteiger partial charge in [-0.3, -0.25) is 0 Å². The lowest BCUT2D eigenvalue weighted by molar-refractivity contribution is 0.0427. The summed E-state index contributed by atoms with van der Waals surface area (Å²) in [6, 6.07) is 0. The van der Waals surface area contributed by atoms with E-state index >= 15 is 0 Å². The Bertz CT molecular complexity index is 122. The van der Waals surface area contributed by atoms with E-state index in [0.29, 0.717) is 6.61 Å². The summed E-state index contributed by atoms with van der Waals surface area (Å²) in [5.74, 6) is 0. The van der Waals surface area contributed by atoms with Gasteiger partial charge in [-0.15, -0.1) is 0 Å². The molecule has 3 nitrogen and oxygen atoms in total. The molecule has 1 heterocycles. The summed E-state index contributed by atoms with van der Waals surface area (Å²) in [4.78, 5) is 2.48. The Morgan fingerprint density at radius 3 is 2.69 bits per heavy atom. The van der Waals surface area contributed by atoms with Crippen molar-refractivity contribution in [1.82, 2.24) is 4.90 Å². The molecule has 1 saturated heterocycles. The first kappa shape index (κ1) is 11.0. The van der Waals surface area contributed by atoms with Gasteiger partial charge in [0.1, 0.15) is 0 Å². The highest BCUT2D eigenvalue weighted by Crippen LogP contribution is 2.07. The van der Waals surface area contributed by atoms with Gasteiger partial charge < -0.3 is 14.7 Å². The molecule has 0 aromatic heterocycles. The minimum Gasteiger partial charge on any atom is -0.391 e. The zero-order chi connectivity index (χ0) is 9.52. The van der Waals surface area contributed by atoms with Crippen molar-refractivity contribution in [1.29, 1.82) is 0 Å². The summed E-state index contributed by atoms with van der Waals surface area (Å²) in [5, 5.41) is 8.93. The van der Waals surface area contributed by atoms with E-state index in [9.17, 15) is 0 Å². The van der Waals surface area contributed by atoms with Crippen LogP contribution in [0.25, 0.3) is 0 Å². The molecular formula is C10H21NO2. The van der Waals surface area contributed by atoms with E-state index in [-0.39, 0.29) is 6.10 Å². The Kier molecular flexibility index (Phi) is 5.35. The van der Waals surface area contributed by atoms with E-state index in [1.165, 1.54) is 25.9 Å². The van der Waals surface area contributed by atoms with Crippen LogP contribution in [0.2, 0.25) is 0 Å². The second-order valence-corrected chi connectivity index (χ2v) is 3.83. The average Bonchev–Trinajstić information content (AvgIpc) is 2.55. The van der Waals surface area contributed by atoms with E-state index in [1.807, 2.05) is 0 Å². The van der Waals surface area contributed by atoms with Crippen molar-refractivity contribution in [3.8, 4) is 0 Å². The van der Waals surface area contributed by atoms with Crippen LogP contribution in [0.3, 0.4) is 0 Å². The maximum atomic E-state index is 8.93. The Labute approximate surface area is 80.7 Å². The first-order chi connectivity index (χ1) is 6.29. The van der Waals surface area contributed by atoms with E-state index in [4.69, 9.17) is 9.84 Å². The molecule has 1 unspecified atom stereocenters. The molecule has 0 saturated carbocycles. The van der Waals surface area contributed by atoms with Gasteiger partial charge in [0, 0.05) is 13.2 Å². The monoisotopic (exact) mass is 187 g/mol. The van der Waals surface area contributed by atoms with Crippen LogP contribution < -0.4 is 0 Å². The molecule has 0 aromatic rings. The number of hydrogen-bond acceptors (Lipinski definition) is 3. The van der Waals surface area contributed by atoms with Gasteiger partial charge in [0.25, 0.3) is 0 Å². The molecule has 0 amide bonds. The normalized spacial score (nSPS) is 20.8. The van der Waals surface area contributed by atoms with Gasteiger partial charge in [0.05, 0.1) is 12.7 Å². The highest BCUT2D eigenvalue weighted by Gasteiger charge is 2.09. The molecule has 0 radical (unpaired) electrons. The molecule has 0 aromatic carbocycles. The quantitative estimate of drug-likeness (QED) is 0.626. The Morgan fingerprint density at radius 2 is 2.08 bits per heavy atom. The van der Waals surface area contributed by atoms with E-state index in [2.05, 4.69) is 4.90 Å². The van der Waals surface area contributed by atoms with Crippen LogP contribution in [0.1, 0.15) is 26.2 Å². The SMILES string of the molecule is CC(O)COCCCN1CCCC1. The second kappa shape index (κ2) is 6.35. The highest BCUT2D eigenvalue weighted by molar-refractivity contribution is 4.65. The summed E-state index contributed by atoms with van der Waals surface area (Å²) >= 11 is 0. The molecule has 1 aliphatic heterocycles. The molecule has 0 bridgehead atoms. The minimum atomic E-state index is -0.327. The molecule has 3 heteroatoms. The molecule has 0 aliphatic carbocycles. The van der Waals surface area contributed by atoms with E-state index < -0.39 is 0 Å². The first-order valence-corrected chi connectivity index (χ1v) is 5.27. The fourth-order valence-electron chi connectivity index (χ4n) is 1.65. The Balaban J connectivity index is 1.83. The number of ether oxygens (including phenoxy) is 1. The van der Waals surface area contributed by atoms with Gasteiger partial charge in [-0.2, -0.15) is 0 Å². The predicted molar refractivity (Wildman–Crippen MR) is 52.8 cm³/mol. The van der Waals surface area contributed by atoms with Gasteiger partial charge in [-0.25, -0.2) is 0 Å². The number of nitrogens with zero attached hydrogens (tertiary/aromatic N) is 1. The zero-order valence-corrected chi connectivity index (χ0v) is 8.54. The number of aliphatic hydroxyl groups excluding tert-OH is 1. The summed E-state index contributed by atoms with van der Waals surface area (Å²) < 4.78 is 5.28. The van der Waals surface area contributed by atoms with Gasteiger partial charge in [0.2, 0.25) is 0 Å². The van der Waals surface area contributed by atoms with E-state index in [1.54, 1.807) is 6.92 Å². The Morgan fingerprint density at radius 1 is 1.38 bits per heavy atom. The molecule has 1 N–H and O–H groups in total. The predicted octanol–water partition coefficient (Wildman–Crippen LogP) is 0.870.